The van der Waals surface area contributed by atoms with E-state index in [2.05, 4.69) is 0 Å². The molecule has 0 bridgehead atoms. The van der Waals surface area contributed by atoms with Gasteiger partial charge < -0.3 is 0 Å². The van der Waals surface area contributed by atoms with Crippen LogP contribution < -0.4 is 4.72 Å². The minimum Gasteiger partial charge on any atom is -0.269 e. The fraction of sp³-hybridized carbons (Fsp3) is 0. The maximum absolute atomic E-state index is 10.6. The number of rotatable bonds is 2. The Morgan fingerprint density at radius 3 is 2.38 bits per heavy atom. The molecule has 0 unspecified atom stereocenters. The standard InChI is InChI=1S/C6H4Cl3NO2S/c7-4-2-1-3-5(6(4)8)10-13(9,11)12/h1-3,10H. The van der Waals surface area contributed by atoms with E-state index >= 15 is 0 Å². The molecule has 0 aliphatic rings. The summed E-state index contributed by atoms with van der Waals surface area (Å²) >= 11 is 11.3. The predicted molar refractivity (Wildman–Crippen MR) is 54.9 cm³/mol. The minimum atomic E-state index is -3.84. The van der Waals surface area contributed by atoms with Crippen LogP contribution in [-0.4, -0.2) is 8.42 Å². The van der Waals surface area contributed by atoms with Crippen molar-refractivity contribution >= 4 is 48.8 Å². The van der Waals surface area contributed by atoms with Crippen LogP contribution in [0.3, 0.4) is 0 Å². The number of anilines is 1. The molecule has 72 valence electrons. The number of hydrogen-bond donors (Lipinski definition) is 1. The molecule has 0 saturated heterocycles. The van der Waals surface area contributed by atoms with E-state index in [1.54, 1.807) is 6.07 Å². The second kappa shape index (κ2) is 3.92. The van der Waals surface area contributed by atoms with Crippen molar-refractivity contribution in [1.82, 2.24) is 0 Å². The summed E-state index contributed by atoms with van der Waals surface area (Å²) in [4.78, 5) is 0. The zero-order valence-corrected chi connectivity index (χ0v) is 9.17. The van der Waals surface area contributed by atoms with E-state index in [4.69, 9.17) is 33.9 Å². The third kappa shape index (κ3) is 3.23. The predicted octanol–water partition coefficient (Wildman–Crippen LogP) is 2.89. The van der Waals surface area contributed by atoms with Gasteiger partial charge in [-0.2, -0.15) is 8.42 Å². The van der Waals surface area contributed by atoms with Gasteiger partial charge in [-0.25, -0.2) is 0 Å². The van der Waals surface area contributed by atoms with Gasteiger partial charge in [-0.3, -0.25) is 4.72 Å². The zero-order chi connectivity index (χ0) is 10.1. The quantitative estimate of drug-likeness (QED) is 0.831. The summed E-state index contributed by atoms with van der Waals surface area (Å²) in [5, 5.41) is 0.375. The van der Waals surface area contributed by atoms with Gasteiger partial charge in [0.05, 0.1) is 15.7 Å². The summed E-state index contributed by atoms with van der Waals surface area (Å²) in [7, 11) is 1.11. The molecule has 0 amide bonds. The molecule has 0 aliphatic carbocycles. The monoisotopic (exact) mass is 259 g/mol. The van der Waals surface area contributed by atoms with Gasteiger partial charge in [-0.15, -0.1) is 0 Å². The first-order chi connectivity index (χ1) is 5.90. The smallest absolute Gasteiger partial charge is 0.269 e. The molecule has 0 radical (unpaired) electrons. The summed E-state index contributed by atoms with van der Waals surface area (Å²) in [6.07, 6.45) is 0. The third-order valence-corrected chi connectivity index (χ3v) is 2.70. The van der Waals surface area contributed by atoms with Crippen molar-refractivity contribution in [3.8, 4) is 0 Å². The summed E-state index contributed by atoms with van der Waals surface area (Å²) in [6.45, 7) is 0. The topological polar surface area (TPSA) is 46.2 Å². The Bertz CT molecular complexity index is 418. The third-order valence-electron chi connectivity index (χ3n) is 1.18. The normalized spacial score (nSPS) is 11.3. The lowest BCUT2D eigenvalue weighted by Crippen LogP contribution is -2.04. The Balaban J connectivity index is 3.10. The van der Waals surface area contributed by atoms with Gasteiger partial charge in [0.15, 0.2) is 0 Å². The second-order valence-corrected chi connectivity index (χ2v) is 5.23. The van der Waals surface area contributed by atoms with E-state index < -0.39 is 9.24 Å². The molecule has 1 aromatic rings. The molecule has 0 heterocycles. The first kappa shape index (κ1) is 10.9. The number of hydrogen-bond acceptors (Lipinski definition) is 2. The Morgan fingerprint density at radius 2 is 1.85 bits per heavy atom. The van der Waals surface area contributed by atoms with E-state index in [9.17, 15) is 8.42 Å². The van der Waals surface area contributed by atoms with Crippen LogP contribution in [-0.2, 0) is 9.24 Å². The first-order valence-electron chi connectivity index (χ1n) is 3.06. The van der Waals surface area contributed by atoms with Crippen LogP contribution in [0.5, 0.6) is 0 Å². The molecule has 0 atom stereocenters. The highest BCUT2D eigenvalue weighted by Crippen LogP contribution is 2.30. The van der Waals surface area contributed by atoms with E-state index in [1.807, 2.05) is 4.72 Å². The summed E-state index contributed by atoms with van der Waals surface area (Å²) in [5.74, 6) is 0. The zero-order valence-electron chi connectivity index (χ0n) is 6.09. The summed E-state index contributed by atoms with van der Waals surface area (Å²) < 4.78 is 23.2. The van der Waals surface area contributed by atoms with Crippen LogP contribution in [0.1, 0.15) is 0 Å². The largest absolute Gasteiger partial charge is 0.319 e. The Morgan fingerprint density at radius 1 is 1.23 bits per heavy atom. The molecule has 1 N–H and O–H groups in total. The molecule has 0 saturated carbocycles. The summed E-state index contributed by atoms with van der Waals surface area (Å²) in [5.41, 5.74) is 0.157. The maximum Gasteiger partial charge on any atom is 0.319 e. The van der Waals surface area contributed by atoms with E-state index in [0.29, 0.717) is 0 Å². The van der Waals surface area contributed by atoms with Crippen molar-refractivity contribution in [2.75, 3.05) is 4.72 Å². The Kier molecular flexibility index (Phi) is 3.29. The highest BCUT2D eigenvalue weighted by atomic mass is 35.7. The average Bonchev–Trinajstić information content (AvgIpc) is 1.96. The molecule has 0 fully saturated rings. The van der Waals surface area contributed by atoms with E-state index in [-0.39, 0.29) is 15.7 Å². The highest BCUT2D eigenvalue weighted by Gasteiger charge is 2.09. The van der Waals surface area contributed by atoms with Crippen LogP contribution in [0.2, 0.25) is 10.0 Å². The second-order valence-electron chi connectivity index (χ2n) is 2.14. The molecule has 13 heavy (non-hydrogen) atoms. The Labute approximate surface area is 90.2 Å². The van der Waals surface area contributed by atoms with Gasteiger partial charge in [-0.1, -0.05) is 29.3 Å². The van der Waals surface area contributed by atoms with Gasteiger partial charge in [0.2, 0.25) is 0 Å². The molecular weight excluding hydrogens is 256 g/mol. The van der Waals surface area contributed by atoms with Crippen LogP contribution in [0, 0.1) is 0 Å². The average molecular weight is 261 g/mol. The van der Waals surface area contributed by atoms with Crippen molar-refractivity contribution in [1.29, 1.82) is 0 Å². The maximum atomic E-state index is 10.6. The molecule has 1 aromatic carbocycles. The summed E-state index contributed by atoms with van der Waals surface area (Å²) in [6, 6.07) is 4.54. The van der Waals surface area contributed by atoms with Gasteiger partial charge in [0.25, 0.3) is 0 Å². The van der Waals surface area contributed by atoms with Gasteiger partial charge in [0.1, 0.15) is 0 Å². The molecule has 0 spiro atoms. The fourth-order valence-electron chi connectivity index (χ4n) is 0.714. The minimum absolute atomic E-state index is 0.119. The van der Waals surface area contributed by atoms with Gasteiger partial charge in [0, 0.05) is 10.7 Å². The van der Waals surface area contributed by atoms with Crippen molar-refractivity contribution < 1.29 is 8.42 Å². The van der Waals surface area contributed by atoms with Crippen LogP contribution >= 0.6 is 33.9 Å². The number of halogens is 3. The molecule has 1 rings (SSSR count). The molecule has 0 aliphatic heterocycles. The van der Waals surface area contributed by atoms with Crippen molar-refractivity contribution in [2.45, 2.75) is 0 Å². The Hall–Kier alpha value is -0.160. The fourth-order valence-corrected chi connectivity index (χ4v) is 1.80. The van der Waals surface area contributed by atoms with Crippen LogP contribution in [0.4, 0.5) is 5.69 Å². The first-order valence-corrected chi connectivity index (χ1v) is 6.13. The van der Waals surface area contributed by atoms with Crippen LogP contribution in [0.15, 0.2) is 18.2 Å². The highest BCUT2D eigenvalue weighted by molar-refractivity contribution is 8.14. The molecule has 7 heteroatoms. The number of nitrogens with one attached hydrogen (secondary N) is 1. The lowest BCUT2D eigenvalue weighted by Gasteiger charge is -2.04. The molecule has 0 aromatic heterocycles. The molecule has 3 nitrogen and oxygen atoms in total. The molecular formula is C6H4Cl3NO2S. The van der Waals surface area contributed by atoms with Crippen molar-refractivity contribution in [3.63, 3.8) is 0 Å². The lowest BCUT2D eigenvalue weighted by atomic mass is 10.3. The van der Waals surface area contributed by atoms with Gasteiger partial charge >= 0.3 is 9.24 Å². The SMILES string of the molecule is O=S(=O)(Cl)Nc1cccc(Cl)c1Cl. The van der Waals surface area contributed by atoms with Crippen molar-refractivity contribution in [2.24, 2.45) is 0 Å². The van der Waals surface area contributed by atoms with Crippen LogP contribution in [0.25, 0.3) is 0 Å². The van der Waals surface area contributed by atoms with E-state index in [0.717, 1.165) is 0 Å². The van der Waals surface area contributed by atoms with Gasteiger partial charge in [-0.05, 0) is 12.1 Å². The van der Waals surface area contributed by atoms with Crippen molar-refractivity contribution in [3.05, 3.63) is 28.2 Å². The number of benzene rings is 1. The van der Waals surface area contributed by atoms with E-state index in [1.165, 1.54) is 12.1 Å². The lowest BCUT2D eigenvalue weighted by molar-refractivity contribution is 0.614.